The summed E-state index contributed by atoms with van der Waals surface area (Å²) in [6.45, 7) is 1.43. The number of ether oxygens (including phenoxy) is 1. The van der Waals surface area contributed by atoms with Crippen molar-refractivity contribution in [3.8, 4) is 17.0 Å². The molecule has 1 aromatic carbocycles. The van der Waals surface area contributed by atoms with E-state index < -0.39 is 0 Å². The number of nitrogens with two attached hydrogens (primary N) is 1. The molecule has 18 heavy (non-hydrogen) atoms. The van der Waals surface area contributed by atoms with Crippen LogP contribution in [0.2, 0.25) is 0 Å². The van der Waals surface area contributed by atoms with E-state index in [2.05, 4.69) is 23.3 Å². The van der Waals surface area contributed by atoms with Crippen LogP contribution in [0.5, 0.6) is 5.75 Å². The Morgan fingerprint density at radius 3 is 3.11 bits per heavy atom. The normalized spacial score (nSPS) is 13.4. The van der Waals surface area contributed by atoms with Gasteiger partial charge in [-0.1, -0.05) is 0 Å². The first-order valence-corrected chi connectivity index (χ1v) is 6.27. The van der Waals surface area contributed by atoms with Crippen molar-refractivity contribution in [2.45, 2.75) is 12.8 Å². The Bertz CT molecular complexity index is 574. The second-order valence-corrected chi connectivity index (χ2v) is 4.60. The summed E-state index contributed by atoms with van der Waals surface area (Å²) in [6, 6.07) is 8.45. The van der Waals surface area contributed by atoms with Crippen molar-refractivity contribution in [1.29, 1.82) is 0 Å². The minimum absolute atomic E-state index is 0.633. The molecule has 1 aliphatic heterocycles. The summed E-state index contributed by atoms with van der Waals surface area (Å²) < 4.78 is 7.44. The first-order valence-electron chi connectivity index (χ1n) is 6.27. The van der Waals surface area contributed by atoms with E-state index in [1.165, 1.54) is 11.1 Å². The lowest BCUT2D eigenvalue weighted by molar-refractivity contribution is 0.357. The SMILES string of the molecule is Cn1nc(CCN)cc1-c1ccc2c(c1)CCO2. The molecule has 2 aromatic rings. The van der Waals surface area contributed by atoms with Crippen LogP contribution in [-0.4, -0.2) is 22.9 Å². The van der Waals surface area contributed by atoms with Gasteiger partial charge in [0.05, 0.1) is 18.0 Å². The maximum absolute atomic E-state index is 5.57. The topological polar surface area (TPSA) is 53.1 Å². The average molecular weight is 243 g/mol. The quantitative estimate of drug-likeness (QED) is 0.889. The number of rotatable bonds is 3. The molecule has 1 aromatic heterocycles. The number of hydrogen-bond donors (Lipinski definition) is 1. The molecule has 0 atom stereocenters. The van der Waals surface area contributed by atoms with E-state index in [1.54, 1.807) is 0 Å². The molecule has 0 saturated heterocycles. The lowest BCUT2D eigenvalue weighted by atomic mass is 10.1. The van der Waals surface area contributed by atoms with Gasteiger partial charge in [0.15, 0.2) is 0 Å². The smallest absolute Gasteiger partial charge is 0.122 e. The molecule has 0 fully saturated rings. The standard InChI is InChI=1S/C14H17N3O/c1-17-13(9-12(16-17)4-6-15)10-2-3-14-11(8-10)5-7-18-14/h2-3,8-9H,4-7,15H2,1H3. The van der Waals surface area contributed by atoms with Gasteiger partial charge in [-0.15, -0.1) is 0 Å². The maximum atomic E-state index is 5.57. The number of aromatic nitrogens is 2. The van der Waals surface area contributed by atoms with E-state index in [0.29, 0.717) is 6.54 Å². The fourth-order valence-corrected chi connectivity index (χ4v) is 2.41. The molecule has 2 N–H and O–H groups in total. The van der Waals surface area contributed by atoms with Crippen molar-refractivity contribution < 1.29 is 4.74 Å². The fourth-order valence-electron chi connectivity index (χ4n) is 2.41. The van der Waals surface area contributed by atoms with Crippen LogP contribution in [-0.2, 0) is 19.9 Å². The molecule has 0 bridgehead atoms. The van der Waals surface area contributed by atoms with Gasteiger partial charge in [0.2, 0.25) is 0 Å². The van der Waals surface area contributed by atoms with E-state index in [1.807, 2.05) is 17.8 Å². The van der Waals surface area contributed by atoms with Gasteiger partial charge < -0.3 is 10.5 Å². The van der Waals surface area contributed by atoms with Crippen LogP contribution >= 0.6 is 0 Å². The molecule has 1 aliphatic rings. The van der Waals surface area contributed by atoms with Gasteiger partial charge >= 0.3 is 0 Å². The van der Waals surface area contributed by atoms with Crippen LogP contribution in [0, 0.1) is 0 Å². The first-order chi connectivity index (χ1) is 8.78. The Labute approximate surface area is 106 Å². The zero-order chi connectivity index (χ0) is 12.5. The van der Waals surface area contributed by atoms with Gasteiger partial charge in [-0.25, -0.2) is 0 Å². The predicted octanol–water partition coefficient (Wildman–Crippen LogP) is 1.52. The molecule has 0 radical (unpaired) electrons. The Morgan fingerprint density at radius 2 is 2.28 bits per heavy atom. The first kappa shape index (κ1) is 11.3. The highest BCUT2D eigenvalue weighted by atomic mass is 16.5. The summed E-state index contributed by atoms with van der Waals surface area (Å²) in [6.07, 6.45) is 1.82. The monoisotopic (exact) mass is 243 g/mol. The third-order valence-electron chi connectivity index (χ3n) is 3.32. The van der Waals surface area contributed by atoms with Crippen LogP contribution in [0.3, 0.4) is 0 Å². The molecule has 3 rings (SSSR count). The Morgan fingerprint density at radius 1 is 1.39 bits per heavy atom. The molecule has 4 heteroatoms. The highest BCUT2D eigenvalue weighted by Gasteiger charge is 2.14. The zero-order valence-corrected chi connectivity index (χ0v) is 10.5. The molecule has 0 aliphatic carbocycles. The Kier molecular flexibility index (Phi) is 2.80. The minimum Gasteiger partial charge on any atom is -0.493 e. The number of fused-ring (bicyclic) bond motifs is 1. The van der Waals surface area contributed by atoms with Crippen molar-refractivity contribution in [3.05, 3.63) is 35.5 Å². The Balaban J connectivity index is 1.99. The van der Waals surface area contributed by atoms with Crippen molar-refractivity contribution in [1.82, 2.24) is 9.78 Å². The second kappa shape index (κ2) is 4.46. The van der Waals surface area contributed by atoms with Gasteiger partial charge in [0.1, 0.15) is 5.75 Å². The van der Waals surface area contributed by atoms with Gasteiger partial charge in [-0.3, -0.25) is 4.68 Å². The largest absolute Gasteiger partial charge is 0.493 e. The minimum atomic E-state index is 0.633. The second-order valence-electron chi connectivity index (χ2n) is 4.60. The molecular formula is C14H17N3O. The molecule has 0 saturated carbocycles. The van der Waals surface area contributed by atoms with E-state index in [-0.39, 0.29) is 0 Å². The Hall–Kier alpha value is -1.81. The number of benzene rings is 1. The lowest BCUT2D eigenvalue weighted by Gasteiger charge is -2.04. The summed E-state index contributed by atoms with van der Waals surface area (Å²) in [5, 5.41) is 4.48. The molecule has 0 unspecified atom stereocenters. The fraction of sp³-hybridized carbons (Fsp3) is 0.357. The summed E-state index contributed by atoms with van der Waals surface area (Å²) in [7, 11) is 1.97. The molecule has 94 valence electrons. The van der Waals surface area contributed by atoms with Gasteiger partial charge in [0, 0.05) is 25.5 Å². The summed E-state index contributed by atoms with van der Waals surface area (Å²) in [4.78, 5) is 0. The lowest BCUT2D eigenvalue weighted by Crippen LogP contribution is -2.03. The molecular weight excluding hydrogens is 226 g/mol. The summed E-state index contributed by atoms with van der Waals surface area (Å²) in [5.41, 5.74) is 10.2. The predicted molar refractivity (Wildman–Crippen MR) is 70.6 cm³/mol. The average Bonchev–Trinajstić information content (AvgIpc) is 2.95. The van der Waals surface area contributed by atoms with Gasteiger partial charge in [-0.2, -0.15) is 5.10 Å². The van der Waals surface area contributed by atoms with Crippen LogP contribution in [0.4, 0.5) is 0 Å². The van der Waals surface area contributed by atoms with Gasteiger partial charge in [-0.05, 0) is 36.4 Å². The molecule has 2 heterocycles. The highest BCUT2D eigenvalue weighted by Crippen LogP contribution is 2.30. The highest BCUT2D eigenvalue weighted by molar-refractivity contribution is 5.63. The van der Waals surface area contributed by atoms with Crippen molar-refractivity contribution in [2.75, 3.05) is 13.2 Å². The molecule has 0 amide bonds. The number of nitrogens with zero attached hydrogens (tertiary/aromatic N) is 2. The van der Waals surface area contributed by atoms with E-state index in [9.17, 15) is 0 Å². The third kappa shape index (κ3) is 1.88. The van der Waals surface area contributed by atoms with Crippen LogP contribution in [0.25, 0.3) is 11.3 Å². The van der Waals surface area contributed by atoms with E-state index >= 15 is 0 Å². The van der Waals surface area contributed by atoms with Crippen LogP contribution in [0.1, 0.15) is 11.3 Å². The van der Waals surface area contributed by atoms with Crippen LogP contribution < -0.4 is 10.5 Å². The van der Waals surface area contributed by atoms with E-state index in [4.69, 9.17) is 10.5 Å². The maximum Gasteiger partial charge on any atom is 0.122 e. The zero-order valence-electron chi connectivity index (χ0n) is 10.5. The van der Waals surface area contributed by atoms with Crippen molar-refractivity contribution >= 4 is 0 Å². The third-order valence-corrected chi connectivity index (χ3v) is 3.32. The van der Waals surface area contributed by atoms with Crippen LogP contribution in [0.15, 0.2) is 24.3 Å². The van der Waals surface area contributed by atoms with Crippen molar-refractivity contribution in [3.63, 3.8) is 0 Å². The number of hydrogen-bond acceptors (Lipinski definition) is 3. The van der Waals surface area contributed by atoms with Crippen molar-refractivity contribution in [2.24, 2.45) is 12.8 Å². The molecule has 0 spiro atoms. The summed E-state index contributed by atoms with van der Waals surface area (Å²) >= 11 is 0. The molecule has 4 nitrogen and oxygen atoms in total. The number of aryl methyl sites for hydroxylation is 1. The van der Waals surface area contributed by atoms with E-state index in [0.717, 1.165) is 36.6 Å². The summed E-state index contributed by atoms with van der Waals surface area (Å²) in [5.74, 6) is 1.02. The van der Waals surface area contributed by atoms with Gasteiger partial charge in [0.25, 0.3) is 0 Å².